The van der Waals surface area contributed by atoms with Gasteiger partial charge in [0.25, 0.3) is 0 Å². The maximum Gasteiger partial charge on any atom is 0.0806 e. The summed E-state index contributed by atoms with van der Waals surface area (Å²) in [4.78, 5) is 1.48. The zero-order valence-corrected chi connectivity index (χ0v) is 12.4. The molecule has 0 saturated carbocycles. The Bertz CT molecular complexity index is 330. The van der Waals surface area contributed by atoms with Crippen molar-refractivity contribution in [2.24, 2.45) is 0 Å². The summed E-state index contributed by atoms with van der Waals surface area (Å²) in [5.74, 6) is 0. The van der Waals surface area contributed by atoms with Crippen LogP contribution in [0.3, 0.4) is 0 Å². The Morgan fingerprint density at radius 1 is 1.50 bits per heavy atom. The molecule has 0 bridgehead atoms. The fourth-order valence-electron chi connectivity index (χ4n) is 2.84. The Balaban J connectivity index is 1.93. The van der Waals surface area contributed by atoms with Gasteiger partial charge in [-0.1, -0.05) is 13.0 Å². The Hall–Kier alpha value is -0.380. The molecule has 1 aromatic heterocycles. The molecule has 18 heavy (non-hydrogen) atoms. The van der Waals surface area contributed by atoms with Crippen molar-refractivity contribution >= 4 is 11.3 Å². The minimum Gasteiger partial charge on any atom is -0.374 e. The molecule has 1 fully saturated rings. The molecule has 0 aromatic carbocycles. The van der Waals surface area contributed by atoms with Crippen LogP contribution < -0.4 is 5.32 Å². The van der Waals surface area contributed by atoms with Gasteiger partial charge in [0.05, 0.1) is 5.60 Å². The molecule has 1 saturated heterocycles. The first-order chi connectivity index (χ1) is 8.74. The molecule has 2 heterocycles. The number of aryl methyl sites for hydroxylation is 1. The third-order valence-electron chi connectivity index (χ3n) is 3.95. The second-order valence-electron chi connectivity index (χ2n) is 5.35. The molecular formula is C15H25NOS. The Labute approximate surface area is 115 Å². The molecular weight excluding hydrogens is 242 g/mol. The van der Waals surface area contributed by atoms with Crippen LogP contribution in [0, 0.1) is 0 Å². The first kappa shape index (κ1) is 14.0. The Kier molecular flexibility index (Phi) is 5.22. The van der Waals surface area contributed by atoms with E-state index in [1.807, 2.05) is 11.3 Å². The smallest absolute Gasteiger partial charge is 0.0806 e. The van der Waals surface area contributed by atoms with Crippen LogP contribution in [0.4, 0.5) is 0 Å². The molecule has 0 amide bonds. The zero-order valence-electron chi connectivity index (χ0n) is 11.6. The topological polar surface area (TPSA) is 21.3 Å². The molecule has 0 radical (unpaired) electrons. The van der Waals surface area contributed by atoms with Crippen LogP contribution in [0.1, 0.15) is 44.4 Å². The molecule has 1 aliphatic heterocycles. The maximum atomic E-state index is 6.09. The number of likely N-dealkylation sites (N-methyl/N-ethyl adjacent to an activating group) is 1. The normalized spacial score (nSPS) is 26.1. The van der Waals surface area contributed by atoms with Crippen LogP contribution in [0.2, 0.25) is 0 Å². The molecule has 2 nitrogen and oxygen atoms in total. The predicted molar refractivity (Wildman–Crippen MR) is 78.3 cm³/mol. The van der Waals surface area contributed by atoms with Gasteiger partial charge in [0.1, 0.15) is 0 Å². The van der Waals surface area contributed by atoms with Crippen molar-refractivity contribution in [3.63, 3.8) is 0 Å². The quantitative estimate of drug-likeness (QED) is 0.850. The van der Waals surface area contributed by atoms with Gasteiger partial charge in [0, 0.05) is 17.5 Å². The summed E-state index contributed by atoms with van der Waals surface area (Å²) in [7, 11) is 0. The highest BCUT2D eigenvalue weighted by Gasteiger charge is 2.35. The van der Waals surface area contributed by atoms with Crippen molar-refractivity contribution in [3.8, 4) is 0 Å². The number of ether oxygens (including phenoxy) is 1. The number of hydrogen-bond acceptors (Lipinski definition) is 3. The van der Waals surface area contributed by atoms with Gasteiger partial charge in [0.2, 0.25) is 0 Å². The van der Waals surface area contributed by atoms with Gasteiger partial charge < -0.3 is 10.1 Å². The number of nitrogens with one attached hydrogen (secondary N) is 1. The minimum atomic E-state index is 0.0333. The van der Waals surface area contributed by atoms with Crippen molar-refractivity contribution in [1.29, 1.82) is 0 Å². The van der Waals surface area contributed by atoms with E-state index in [-0.39, 0.29) is 5.60 Å². The van der Waals surface area contributed by atoms with Crippen molar-refractivity contribution < 1.29 is 4.74 Å². The second-order valence-corrected chi connectivity index (χ2v) is 6.38. The van der Waals surface area contributed by atoms with Crippen molar-refractivity contribution in [3.05, 3.63) is 22.4 Å². The third kappa shape index (κ3) is 3.56. The molecule has 2 unspecified atom stereocenters. The highest BCUT2D eigenvalue weighted by atomic mass is 32.1. The van der Waals surface area contributed by atoms with Crippen LogP contribution >= 0.6 is 11.3 Å². The second kappa shape index (κ2) is 6.69. The fraction of sp³-hybridized carbons (Fsp3) is 0.733. The van der Waals surface area contributed by atoms with Gasteiger partial charge in [-0.15, -0.1) is 11.3 Å². The molecule has 3 heteroatoms. The van der Waals surface area contributed by atoms with E-state index in [1.54, 1.807) is 0 Å². The van der Waals surface area contributed by atoms with E-state index < -0.39 is 0 Å². The summed E-state index contributed by atoms with van der Waals surface area (Å²) in [6.07, 6.45) is 6.05. The lowest BCUT2D eigenvalue weighted by atomic mass is 9.85. The van der Waals surface area contributed by atoms with Gasteiger partial charge in [-0.05, 0) is 57.0 Å². The lowest BCUT2D eigenvalue weighted by molar-refractivity contribution is -0.0896. The average Bonchev–Trinajstić information content (AvgIpc) is 2.88. The van der Waals surface area contributed by atoms with E-state index in [4.69, 9.17) is 4.74 Å². The minimum absolute atomic E-state index is 0.0333. The summed E-state index contributed by atoms with van der Waals surface area (Å²) in [5.41, 5.74) is 0.0333. The number of thiophene rings is 1. The van der Waals surface area contributed by atoms with Crippen molar-refractivity contribution in [2.45, 2.75) is 57.6 Å². The van der Waals surface area contributed by atoms with Crippen molar-refractivity contribution in [2.75, 3.05) is 13.2 Å². The third-order valence-corrected chi connectivity index (χ3v) is 4.88. The summed E-state index contributed by atoms with van der Waals surface area (Å²) in [5, 5.41) is 5.80. The van der Waals surface area contributed by atoms with Crippen LogP contribution in [0.25, 0.3) is 0 Å². The van der Waals surface area contributed by atoms with Crippen LogP contribution in [0.15, 0.2) is 17.5 Å². The Morgan fingerprint density at radius 3 is 3.00 bits per heavy atom. The lowest BCUT2D eigenvalue weighted by Crippen LogP contribution is -2.52. The molecule has 2 atom stereocenters. The van der Waals surface area contributed by atoms with Gasteiger partial charge in [-0.3, -0.25) is 0 Å². The standard InChI is InChI=1S/C15H25NOS/c1-3-16-14(9-8-13-7-6-12-18-13)15(2)10-4-5-11-17-15/h6-7,12,14,16H,3-5,8-11H2,1-2H3. The maximum absolute atomic E-state index is 6.09. The van der Waals surface area contributed by atoms with Crippen molar-refractivity contribution in [1.82, 2.24) is 5.32 Å². The fourth-order valence-corrected chi connectivity index (χ4v) is 3.57. The zero-order chi connectivity index (χ0) is 12.8. The van der Waals surface area contributed by atoms with Gasteiger partial charge in [-0.2, -0.15) is 0 Å². The van der Waals surface area contributed by atoms with Gasteiger partial charge in [-0.25, -0.2) is 0 Å². The van der Waals surface area contributed by atoms with E-state index in [0.717, 1.165) is 19.6 Å². The summed E-state index contributed by atoms with van der Waals surface area (Å²) in [6, 6.07) is 4.85. The van der Waals surface area contributed by atoms with E-state index in [1.165, 1.54) is 30.6 Å². The average molecular weight is 267 g/mol. The number of rotatable bonds is 6. The molecule has 1 aliphatic rings. The van der Waals surface area contributed by atoms with E-state index in [2.05, 4.69) is 36.7 Å². The molecule has 102 valence electrons. The predicted octanol–water partition coefficient (Wildman–Crippen LogP) is 3.62. The molecule has 1 aromatic rings. The highest BCUT2D eigenvalue weighted by Crippen LogP contribution is 2.30. The first-order valence-electron chi connectivity index (χ1n) is 7.14. The SMILES string of the molecule is CCNC(CCc1cccs1)C1(C)CCCCO1. The van der Waals surface area contributed by atoms with E-state index >= 15 is 0 Å². The van der Waals surface area contributed by atoms with Crippen LogP contribution in [-0.2, 0) is 11.2 Å². The molecule has 1 N–H and O–H groups in total. The van der Waals surface area contributed by atoms with E-state index in [9.17, 15) is 0 Å². The monoisotopic (exact) mass is 267 g/mol. The summed E-state index contributed by atoms with van der Waals surface area (Å²) in [6.45, 7) is 6.42. The number of hydrogen-bond donors (Lipinski definition) is 1. The largest absolute Gasteiger partial charge is 0.374 e. The van der Waals surface area contributed by atoms with Crippen LogP contribution in [-0.4, -0.2) is 24.8 Å². The highest BCUT2D eigenvalue weighted by molar-refractivity contribution is 7.09. The molecule has 0 spiro atoms. The van der Waals surface area contributed by atoms with E-state index in [0.29, 0.717) is 6.04 Å². The van der Waals surface area contributed by atoms with Crippen LogP contribution in [0.5, 0.6) is 0 Å². The summed E-state index contributed by atoms with van der Waals surface area (Å²) >= 11 is 1.86. The molecule has 2 rings (SSSR count). The lowest BCUT2D eigenvalue weighted by Gasteiger charge is -2.41. The van der Waals surface area contributed by atoms with Gasteiger partial charge in [0.15, 0.2) is 0 Å². The first-order valence-corrected chi connectivity index (χ1v) is 8.02. The summed E-state index contributed by atoms with van der Waals surface area (Å²) < 4.78 is 6.09. The van der Waals surface area contributed by atoms with Gasteiger partial charge >= 0.3 is 0 Å². The Morgan fingerprint density at radius 2 is 2.39 bits per heavy atom. The molecule has 0 aliphatic carbocycles.